The van der Waals surface area contributed by atoms with Gasteiger partial charge in [0.2, 0.25) is 0 Å². The number of hydrogen-bond acceptors (Lipinski definition) is 4. The molecule has 4 nitrogen and oxygen atoms in total. The summed E-state index contributed by atoms with van der Waals surface area (Å²) in [4.78, 5) is 0. The summed E-state index contributed by atoms with van der Waals surface area (Å²) in [5.41, 5.74) is 0. The lowest BCUT2D eigenvalue weighted by molar-refractivity contribution is 0.608. The van der Waals surface area contributed by atoms with Crippen molar-refractivity contribution in [3.05, 3.63) is 5.82 Å². The average Bonchev–Trinajstić information content (AvgIpc) is 3.38. The van der Waals surface area contributed by atoms with Crippen LogP contribution in [0.2, 0.25) is 0 Å². The van der Waals surface area contributed by atoms with Crippen molar-refractivity contribution >= 4 is 11.8 Å². The molecule has 1 unspecified atom stereocenters. The molecule has 0 spiro atoms. The number of unbranched alkanes of at least 4 members (excludes halogenated alkanes) is 2. The molecule has 1 N–H and O–H groups in total. The van der Waals surface area contributed by atoms with Gasteiger partial charge in [-0.15, -0.1) is 10.2 Å². The SMILES string of the molecule is CCCCCNCC(C)Sc1nnc(C2CC2)n1C1CC1. The lowest BCUT2D eigenvalue weighted by Crippen LogP contribution is -2.24. The van der Waals surface area contributed by atoms with Crippen molar-refractivity contribution in [1.82, 2.24) is 20.1 Å². The number of aromatic nitrogens is 3. The van der Waals surface area contributed by atoms with Gasteiger partial charge in [0.15, 0.2) is 5.16 Å². The van der Waals surface area contributed by atoms with Crippen LogP contribution in [-0.4, -0.2) is 33.1 Å². The van der Waals surface area contributed by atoms with E-state index in [4.69, 9.17) is 0 Å². The van der Waals surface area contributed by atoms with Crippen LogP contribution in [0.1, 0.15) is 76.6 Å². The topological polar surface area (TPSA) is 42.7 Å². The van der Waals surface area contributed by atoms with Crippen LogP contribution in [0.5, 0.6) is 0 Å². The van der Waals surface area contributed by atoms with Gasteiger partial charge in [0, 0.05) is 23.8 Å². The Hall–Kier alpha value is -0.550. The second-order valence-corrected chi connectivity index (χ2v) is 7.96. The largest absolute Gasteiger partial charge is 0.316 e. The Morgan fingerprint density at radius 3 is 2.71 bits per heavy atom. The highest BCUT2D eigenvalue weighted by atomic mass is 32.2. The van der Waals surface area contributed by atoms with Crippen molar-refractivity contribution in [2.24, 2.45) is 0 Å². The zero-order chi connectivity index (χ0) is 14.7. The second kappa shape index (κ2) is 7.14. The van der Waals surface area contributed by atoms with E-state index in [0.29, 0.717) is 17.2 Å². The van der Waals surface area contributed by atoms with Gasteiger partial charge in [0.25, 0.3) is 0 Å². The van der Waals surface area contributed by atoms with Crippen LogP contribution in [0, 0.1) is 0 Å². The van der Waals surface area contributed by atoms with E-state index in [1.165, 1.54) is 50.8 Å². The Labute approximate surface area is 132 Å². The third-order valence-electron chi connectivity index (χ3n) is 4.24. The molecule has 21 heavy (non-hydrogen) atoms. The summed E-state index contributed by atoms with van der Waals surface area (Å²) in [7, 11) is 0. The third kappa shape index (κ3) is 4.22. The summed E-state index contributed by atoms with van der Waals surface area (Å²) in [6, 6.07) is 0.697. The summed E-state index contributed by atoms with van der Waals surface area (Å²) in [5, 5.41) is 14.2. The number of hydrogen-bond donors (Lipinski definition) is 1. The minimum atomic E-state index is 0.556. The van der Waals surface area contributed by atoms with E-state index in [1.54, 1.807) is 0 Å². The fraction of sp³-hybridized carbons (Fsp3) is 0.875. The van der Waals surface area contributed by atoms with Crippen molar-refractivity contribution < 1.29 is 0 Å². The maximum absolute atomic E-state index is 4.48. The molecule has 0 aliphatic heterocycles. The molecule has 1 heterocycles. The van der Waals surface area contributed by atoms with Gasteiger partial charge in [-0.3, -0.25) is 0 Å². The van der Waals surface area contributed by atoms with Gasteiger partial charge in [-0.2, -0.15) is 0 Å². The first-order valence-electron chi connectivity index (χ1n) is 8.61. The second-order valence-electron chi connectivity index (χ2n) is 6.56. The maximum Gasteiger partial charge on any atom is 0.191 e. The first-order valence-corrected chi connectivity index (χ1v) is 9.49. The molecule has 2 aliphatic carbocycles. The molecule has 0 amide bonds. The fourth-order valence-corrected chi connectivity index (χ4v) is 3.70. The van der Waals surface area contributed by atoms with Crippen LogP contribution in [0.15, 0.2) is 5.16 Å². The van der Waals surface area contributed by atoms with Gasteiger partial charge < -0.3 is 9.88 Å². The smallest absolute Gasteiger partial charge is 0.191 e. The van der Waals surface area contributed by atoms with Crippen LogP contribution in [0.25, 0.3) is 0 Å². The number of thioether (sulfide) groups is 1. The van der Waals surface area contributed by atoms with Crippen LogP contribution in [0.3, 0.4) is 0 Å². The molecular weight excluding hydrogens is 280 g/mol. The number of nitrogens with zero attached hydrogens (tertiary/aromatic N) is 3. The summed E-state index contributed by atoms with van der Waals surface area (Å²) in [5.74, 6) is 1.97. The lowest BCUT2D eigenvalue weighted by atomic mass is 10.2. The van der Waals surface area contributed by atoms with Gasteiger partial charge in [-0.25, -0.2) is 0 Å². The minimum Gasteiger partial charge on any atom is -0.316 e. The van der Waals surface area contributed by atoms with Crippen molar-refractivity contribution in [2.45, 2.75) is 81.2 Å². The van der Waals surface area contributed by atoms with Gasteiger partial charge in [-0.05, 0) is 38.6 Å². The van der Waals surface area contributed by atoms with Gasteiger partial charge >= 0.3 is 0 Å². The molecule has 1 aromatic heterocycles. The Balaban J connectivity index is 1.50. The number of rotatable bonds is 10. The summed E-state index contributed by atoms with van der Waals surface area (Å²) in [6.07, 6.45) is 9.16. The zero-order valence-corrected chi connectivity index (χ0v) is 14.2. The van der Waals surface area contributed by atoms with Gasteiger partial charge in [0.1, 0.15) is 5.82 Å². The van der Waals surface area contributed by atoms with E-state index in [1.807, 2.05) is 11.8 Å². The van der Waals surface area contributed by atoms with Crippen LogP contribution in [-0.2, 0) is 0 Å². The van der Waals surface area contributed by atoms with Crippen LogP contribution < -0.4 is 5.32 Å². The van der Waals surface area contributed by atoms with E-state index in [9.17, 15) is 0 Å². The molecule has 1 atom stereocenters. The monoisotopic (exact) mass is 308 g/mol. The van der Waals surface area contributed by atoms with E-state index < -0.39 is 0 Å². The normalized spacial score (nSPS) is 19.9. The molecule has 0 aromatic carbocycles. The van der Waals surface area contributed by atoms with E-state index in [2.05, 4.69) is 33.9 Å². The fourth-order valence-electron chi connectivity index (χ4n) is 2.69. The molecule has 2 aliphatic rings. The summed E-state index contributed by atoms with van der Waals surface area (Å²) < 4.78 is 2.45. The van der Waals surface area contributed by atoms with Crippen molar-refractivity contribution in [1.29, 1.82) is 0 Å². The lowest BCUT2D eigenvalue weighted by Gasteiger charge is -2.13. The molecule has 5 heteroatoms. The molecule has 0 saturated heterocycles. The Morgan fingerprint density at radius 1 is 1.24 bits per heavy atom. The highest BCUT2D eigenvalue weighted by Gasteiger charge is 2.36. The van der Waals surface area contributed by atoms with E-state index in [0.717, 1.165) is 18.2 Å². The van der Waals surface area contributed by atoms with Crippen molar-refractivity contribution in [3.8, 4) is 0 Å². The van der Waals surface area contributed by atoms with Crippen LogP contribution >= 0.6 is 11.8 Å². The minimum absolute atomic E-state index is 0.556. The standard InChI is InChI=1S/C16H28N4S/c1-3-4-5-10-17-11-12(2)21-16-19-18-15(13-6-7-13)20(16)14-8-9-14/h12-14,17H,3-11H2,1-2H3. The third-order valence-corrected chi connectivity index (χ3v) is 5.30. The molecule has 3 rings (SSSR count). The highest BCUT2D eigenvalue weighted by molar-refractivity contribution is 7.99. The quantitative estimate of drug-likeness (QED) is 0.528. The van der Waals surface area contributed by atoms with Gasteiger partial charge in [-0.1, -0.05) is 38.5 Å². The van der Waals surface area contributed by atoms with Crippen molar-refractivity contribution in [3.63, 3.8) is 0 Å². The van der Waals surface area contributed by atoms with E-state index >= 15 is 0 Å². The predicted octanol–water partition coefficient (Wildman–Crippen LogP) is 3.75. The summed E-state index contributed by atoms with van der Waals surface area (Å²) >= 11 is 1.90. The van der Waals surface area contributed by atoms with Crippen LogP contribution in [0.4, 0.5) is 0 Å². The Bertz CT molecular complexity index is 451. The Morgan fingerprint density at radius 2 is 2.05 bits per heavy atom. The molecule has 0 radical (unpaired) electrons. The molecule has 118 valence electrons. The number of nitrogens with one attached hydrogen (secondary N) is 1. The maximum atomic E-state index is 4.48. The van der Waals surface area contributed by atoms with E-state index in [-0.39, 0.29) is 0 Å². The van der Waals surface area contributed by atoms with Crippen molar-refractivity contribution in [2.75, 3.05) is 13.1 Å². The summed E-state index contributed by atoms with van der Waals surface area (Å²) in [6.45, 7) is 6.74. The molecule has 2 fully saturated rings. The first kappa shape index (κ1) is 15.3. The van der Waals surface area contributed by atoms with Gasteiger partial charge in [0.05, 0.1) is 0 Å². The highest BCUT2D eigenvalue weighted by Crippen LogP contribution is 2.46. The molecule has 0 bridgehead atoms. The Kier molecular flexibility index (Phi) is 5.22. The molecular formula is C16H28N4S. The predicted molar refractivity (Wildman–Crippen MR) is 88.0 cm³/mol. The first-order chi connectivity index (χ1) is 10.3. The molecule has 1 aromatic rings. The molecule has 2 saturated carbocycles. The average molecular weight is 308 g/mol. The zero-order valence-electron chi connectivity index (χ0n) is 13.3.